The van der Waals surface area contributed by atoms with Crippen LogP contribution in [-0.2, 0) is 14.6 Å². The van der Waals surface area contributed by atoms with Gasteiger partial charge >= 0.3 is 6.09 Å². The van der Waals surface area contributed by atoms with E-state index in [1.807, 2.05) is 0 Å². The summed E-state index contributed by atoms with van der Waals surface area (Å²) in [5, 5.41) is 15.5. The van der Waals surface area contributed by atoms with E-state index in [1.54, 1.807) is 26.0 Å². The van der Waals surface area contributed by atoms with Crippen LogP contribution in [0.15, 0.2) is 34.3 Å². The zero-order chi connectivity index (χ0) is 18.6. The van der Waals surface area contributed by atoms with Crippen LogP contribution in [-0.4, -0.2) is 43.3 Å². The molecule has 2 N–H and O–H groups in total. The molecule has 0 fully saturated rings. The highest BCUT2D eigenvalue weighted by molar-refractivity contribution is 7.90. The third-order valence-electron chi connectivity index (χ3n) is 3.15. The van der Waals surface area contributed by atoms with Gasteiger partial charge in [-0.15, -0.1) is 0 Å². The Hall–Kier alpha value is -2.46. The summed E-state index contributed by atoms with van der Waals surface area (Å²) < 4.78 is 27.8. The van der Waals surface area contributed by atoms with Gasteiger partial charge in [-0.25, -0.2) is 18.2 Å². The molecule has 8 nitrogen and oxygen atoms in total. The molecular formula is C15H17N3O5S2. The van der Waals surface area contributed by atoms with Crippen LogP contribution in [0, 0.1) is 6.92 Å². The van der Waals surface area contributed by atoms with Gasteiger partial charge in [0.05, 0.1) is 22.1 Å². The molecule has 0 aliphatic heterocycles. The van der Waals surface area contributed by atoms with E-state index in [4.69, 9.17) is 4.74 Å². The normalized spacial score (nSPS) is 12.0. The third kappa shape index (κ3) is 4.54. The largest absolute Gasteiger partial charge is 0.450 e. The molecule has 0 radical (unpaired) electrons. The van der Waals surface area contributed by atoms with E-state index in [2.05, 4.69) is 15.5 Å². The van der Waals surface area contributed by atoms with Crippen LogP contribution in [0.5, 0.6) is 0 Å². The topological polar surface area (TPSA) is 118 Å². The Morgan fingerprint density at radius 2 is 2.00 bits per heavy atom. The summed E-state index contributed by atoms with van der Waals surface area (Å²) in [6.07, 6.45) is 0.492. The van der Waals surface area contributed by atoms with Crippen molar-refractivity contribution in [1.82, 2.24) is 4.98 Å². The summed E-state index contributed by atoms with van der Waals surface area (Å²) in [5.41, 5.74) is 1.30. The molecule has 2 aromatic rings. The van der Waals surface area contributed by atoms with Crippen molar-refractivity contribution in [3.8, 4) is 0 Å². The molecule has 10 heteroatoms. The standard InChI is InChI=1S/C15H17N3O5S2/c1-4-23-15(19)17-14-16-9(2)13(24-14)12(18-20)10-5-7-11(8-6-10)25(3,21)22/h5-8,20H,4H2,1-3H3,(H,16,17,19)/b18-12-. The average molecular weight is 383 g/mol. The molecule has 0 bridgehead atoms. The van der Waals surface area contributed by atoms with Gasteiger partial charge in [0, 0.05) is 11.8 Å². The number of hydrogen-bond donors (Lipinski definition) is 2. The van der Waals surface area contributed by atoms with E-state index >= 15 is 0 Å². The fraction of sp³-hybridized carbons (Fsp3) is 0.267. The highest BCUT2D eigenvalue weighted by atomic mass is 32.2. The number of carbonyl (C=O) groups excluding carboxylic acids is 1. The summed E-state index contributed by atoms with van der Waals surface area (Å²) >= 11 is 1.12. The van der Waals surface area contributed by atoms with Crippen LogP contribution in [0.4, 0.5) is 9.93 Å². The van der Waals surface area contributed by atoms with Gasteiger partial charge in [-0.2, -0.15) is 0 Å². The molecule has 134 valence electrons. The Kier molecular flexibility index (Phi) is 5.75. The Morgan fingerprint density at radius 3 is 2.52 bits per heavy atom. The first-order valence-electron chi connectivity index (χ1n) is 7.20. The van der Waals surface area contributed by atoms with Crippen molar-refractivity contribution in [2.24, 2.45) is 5.16 Å². The number of thiazole rings is 1. The number of hydrogen-bond acceptors (Lipinski definition) is 8. The molecule has 25 heavy (non-hydrogen) atoms. The number of ether oxygens (including phenoxy) is 1. The van der Waals surface area contributed by atoms with Gasteiger partial charge in [0.15, 0.2) is 15.0 Å². The smallest absolute Gasteiger partial charge is 0.413 e. The Morgan fingerprint density at radius 1 is 1.36 bits per heavy atom. The maximum absolute atomic E-state index is 11.5. The molecule has 0 unspecified atom stereocenters. The van der Waals surface area contributed by atoms with Crippen molar-refractivity contribution >= 4 is 38.1 Å². The summed E-state index contributed by atoms with van der Waals surface area (Å²) in [5.74, 6) is 0. The highest BCUT2D eigenvalue weighted by Crippen LogP contribution is 2.26. The first-order chi connectivity index (χ1) is 11.8. The maximum atomic E-state index is 11.5. The number of nitrogens with zero attached hydrogens (tertiary/aromatic N) is 2. The van der Waals surface area contributed by atoms with Crippen molar-refractivity contribution < 1.29 is 23.2 Å². The van der Waals surface area contributed by atoms with Crippen LogP contribution < -0.4 is 5.32 Å². The summed E-state index contributed by atoms with van der Waals surface area (Å²) in [6, 6.07) is 5.96. The van der Waals surface area contributed by atoms with Crippen LogP contribution in [0.3, 0.4) is 0 Å². The molecule has 0 atom stereocenters. The van der Waals surface area contributed by atoms with Crippen LogP contribution in [0.1, 0.15) is 23.1 Å². The number of carbonyl (C=O) groups is 1. The minimum atomic E-state index is -3.31. The van der Waals surface area contributed by atoms with Gasteiger partial charge in [0.1, 0.15) is 5.71 Å². The minimum absolute atomic E-state index is 0.166. The van der Waals surface area contributed by atoms with Gasteiger partial charge in [-0.3, -0.25) is 5.32 Å². The lowest BCUT2D eigenvalue weighted by molar-refractivity contribution is 0.168. The Labute approximate surface area is 149 Å². The van der Waals surface area contributed by atoms with Gasteiger partial charge < -0.3 is 9.94 Å². The molecule has 0 saturated carbocycles. The van der Waals surface area contributed by atoms with E-state index in [0.717, 1.165) is 17.6 Å². The molecule has 1 heterocycles. The molecule has 0 saturated heterocycles. The van der Waals surface area contributed by atoms with Gasteiger partial charge in [-0.05, 0) is 26.0 Å². The van der Waals surface area contributed by atoms with Crippen LogP contribution >= 0.6 is 11.3 Å². The number of nitrogens with one attached hydrogen (secondary N) is 1. The van der Waals surface area contributed by atoms with E-state index in [0.29, 0.717) is 21.3 Å². The third-order valence-corrected chi connectivity index (χ3v) is 5.36. The summed E-state index contributed by atoms with van der Waals surface area (Å²) in [4.78, 5) is 16.4. The fourth-order valence-corrected chi connectivity index (χ4v) is 3.61. The lowest BCUT2D eigenvalue weighted by Crippen LogP contribution is -2.12. The van der Waals surface area contributed by atoms with Crippen LogP contribution in [0.25, 0.3) is 0 Å². The second kappa shape index (κ2) is 7.62. The Balaban J connectivity index is 2.32. The van der Waals surface area contributed by atoms with E-state index < -0.39 is 15.9 Å². The number of rotatable bonds is 5. The lowest BCUT2D eigenvalue weighted by Gasteiger charge is -2.04. The second-order valence-corrected chi connectivity index (χ2v) is 8.04. The number of anilines is 1. The monoisotopic (exact) mass is 383 g/mol. The lowest BCUT2D eigenvalue weighted by atomic mass is 10.1. The van der Waals surface area contributed by atoms with Crippen molar-refractivity contribution in [1.29, 1.82) is 0 Å². The molecule has 0 spiro atoms. The average Bonchev–Trinajstić information content (AvgIpc) is 2.88. The molecular weight excluding hydrogens is 366 g/mol. The van der Waals surface area contributed by atoms with Gasteiger partial charge in [0.25, 0.3) is 0 Å². The molecule has 1 aromatic carbocycles. The van der Waals surface area contributed by atoms with Crippen LogP contribution in [0.2, 0.25) is 0 Å². The van der Waals surface area contributed by atoms with Crippen molar-refractivity contribution in [2.75, 3.05) is 18.2 Å². The first kappa shape index (κ1) is 18.9. The zero-order valence-corrected chi connectivity index (χ0v) is 15.4. The number of benzene rings is 1. The van der Waals surface area contributed by atoms with Gasteiger partial charge in [0.2, 0.25) is 0 Å². The SMILES string of the molecule is CCOC(=O)Nc1nc(C)c(/C(=N\O)c2ccc(S(C)(=O)=O)cc2)s1. The predicted octanol–water partition coefficient (Wildman–Crippen LogP) is 2.65. The predicted molar refractivity (Wildman–Crippen MR) is 94.5 cm³/mol. The van der Waals surface area contributed by atoms with E-state index in [9.17, 15) is 18.4 Å². The Bertz CT molecular complexity index is 902. The summed E-state index contributed by atoms with van der Waals surface area (Å²) in [7, 11) is -3.31. The van der Waals surface area contributed by atoms with Crippen molar-refractivity contribution in [3.05, 3.63) is 40.4 Å². The zero-order valence-electron chi connectivity index (χ0n) is 13.8. The molecule has 1 aromatic heterocycles. The summed E-state index contributed by atoms with van der Waals surface area (Å²) in [6.45, 7) is 3.63. The number of amides is 1. The number of aromatic nitrogens is 1. The van der Waals surface area contributed by atoms with Crippen molar-refractivity contribution in [3.63, 3.8) is 0 Å². The first-order valence-corrected chi connectivity index (χ1v) is 9.91. The highest BCUT2D eigenvalue weighted by Gasteiger charge is 2.18. The number of oxime groups is 1. The fourth-order valence-electron chi connectivity index (χ4n) is 2.02. The molecule has 0 aliphatic carbocycles. The molecule has 0 aliphatic rings. The van der Waals surface area contributed by atoms with Gasteiger partial charge in [-0.1, -0.05) is 28.6 Å². The second-order valence-electron chi connectivity index (χ2n) is 5.02. The molecule has 2 rings (SSSR count). The van der Waals surface area contributed by atoms with Crippen molar-refractivity contribution in [2.45, 2.75) is 18.7 Å². The quantitative estimate of drug-likeness (QED) is 0.465. The number of aryl methyl sites for hydroxylation is 1. The van der Waals surface area contributed by atoms with E-state index in [1.165, 1.54) is 12.1 Å². The molecule has 1 amide bonds. The maximum Gasteiger partial charge on any atom is 0.413 e. The number of sulfone groups is 1. The minimum Gasteiger partial charge on any atom is -0.450 e. The van der Waals surface area contributed by atoms with E-state index in [-0.39, 0.29) is 17.2 Å².